The predicted octanol–water partition coefficient (Wildman–Crippen LogP) is 6.42. The molecule has 42 heavy (non-hydrogen) atoms. The van der Waals surface area contributed by atoms with Crippen LogP contribution >= 0.6 is 11.6 Å². The number of aromatic nitrogens is 3. The van der Waals surface area contributed by atoms with Crippen molar-refractivity contribution in [2.45, 2.75) is 50.8 Å². The molecule has 0 radical (unpaired) electrons. The third-order valence-electron chi connectivity index (χ3n) is 8.94. The van der Waals surface area contributed by atoms with Crippen LogP contribution in [0, 0.1) is 5.41 Å². The van der Waals surface area contributed by atoms with E-state index in [0.717, 1.165) is 78.4 Å². The van der Waals surface area contributed by atoms with E-state index < -0.39 is 5.97 Å². The number of para-hydroxylation sites is 1. The van der Waals surface area contributed by atoms with Crippen molar-refractivity contribution in [1.82, 2.24) is 19.4 Å². The lowest BCUT2D eigenvalue weighted by molar-refractivity contribution is 0.0697. The fourth-order valence-electron chi connectivity index (χ4n) is 6.21. The predicted molar refractivity (Wildman–Crippen MR) is 156 cm³/mol. The SMILES string of the molecule is O=C(O)c1ccc2nc(CN3CCC(c4cccc5c4O[C@@H](c4ccc(Cl)cn4)CO5)CC3)n(CC3(CF)CC3)c2c1. The molecular formula is C32H32ClFN4O4. The molecule has 8 nitrogen and oxygen atoms in total. The van der Waals surface area contributed by atoms with Gasteiger partial charge in [0.1, 0.15) is 12.4 Å². The lowest BCUT2D eigenvalue weighted by Gasteiger charge is -2.34. The Kier molecular flexibility index (Phi) is 7.02. The van der Waals surface area contributed by atoms with Gasteiger partial charge in [-0.25, -0.2) is 9.78 Å². The van der Waals surface area contributed by atoms with Gasteiger partial charge in [-0.15, -0.1) is 0 Å². The van der Waals surface area contributed by atoms with Crippen LogP contribution in [0.4, 0.5) is 4.39 Å². The first-order valence-electron chi connectivity index (χ1n) is 14.5. The zero-order valence-corrected chi connectivity index (χ0v) is 23.9. The number of fused-ring (bicyclic) bond motifs is 2. The molecule has 1 atom stereocenters. The minimum absolute atomic E-state index is 0.215. The first-order valence-corrected chi connectivity index (χ1v) is 14.8. The van der Waals surface area contributed by atoms with Gasteiger partial charge in [0, 0.05) is 23.7 Å². The van der Waals surface area contributed by atoms with Gasteiger partial charge in [-0.2, -0.15) is 0 Å². The summed E-state index contributed by atoms with van der Waals surface area (Å²) in [5.41, 5.74) is 3.30. The zero-order valence-electron chi connectivity index (χ0n) is 23.1. The van der Waals surface area contributed by atoms with E-state index in [1.165, 1.54) is 0 Å². The third-order valence-corrected chi connectivity index (χ3v) is 9.16. The number of halogens is 2. The van der Waals surface area contributed by atoms with E-state index in [9.17, 15) is 14.3 Å². The van der Waals surface area contributed by atoms with Crippen molar-refractivity contribution in [3.8, 4) is 11.5 Å². The first kappa shape index (κ1) is 27.2. The number of nitrogens with zero attached hydrogens (tertiary/aromatic N) is 4. The molecule has 0 amide bonds. The number of carbonyl (C=O) groups is 1. The minimum atomic E-state index is -0.979. The number of rotatable bonds is 8. The van der Waals surface area contributed by atoms with E-state index in [1.807, 2.05) is 24.3 Å². The summed E-state index contributed by atoms with van der Waals surface area (Å²) < 4.78 is 28.5. The highest BCUT2D eigenvalue weighted by Gasteiger charge is 2.44. The van der Waals surface area contributed by atoms with Crippen LogP contribution in [-0.2, 0) is 13.1 Å². The highest BCUT2D eigenvalue weighted by atomic mass is 35.5. The molecule has 1 N–H and O–H groups in total. The molecule has 1 saturated carbocycles. The number of imidazole rings is 1. The molecule has 0 spiro atoms. The van der Waals surface area contributed by atoms with E-state index in [2.05, 4.69) is 20.5 Å². The second-order valence-corrected chi connectivity index (χ2v) is 12.2. The van der Waals surface area contributed by atoms with Crippen molar-refractivity contribution in [1.29, 1.82) is 0 Å². The fraction of sp³-hybridized carbons (Fsp3) is 0.406. The smallest absolute Gasteiger partial charge is 0.335 e. The Morgan fingerprint density at radius 1 is 1.14 bits per heavy atom. The quantitative estimate of drug-likeness (QED) is 0.253. The van der Waals surface area contributed by atoms with Crippen LogP contribution in [-0.4, -0.2) is 56.9 Å². The van der Waals surface area contributed by atoms with Crippen LogP contribution in [0.15, 0.2) is 54.7 Å². The van der Waals surface area contributed by atoms with Crippen LogP contribution < -0.4 is 9.47 Å². The average molecular weight is 591 g/mol. The van der Waals surface area contributed by atoms with Gasteiger partial charge in [0.2, 0.25) is 0 Å². The molecule has 218 valence electrons. The lowest BCUT2D eigenvalue weighted by Crippen LogP contribution is -2.34. The van der Waals surface area contributed by atoms with Crippen LogP contribution in [0.5, 0.6) is 11.5 Å². The maximum absolute atomic E-state index is 13.9. The normalized spacial score (nSPS) is 20.1. The van der Waals surface area contributed by atoms with Crippen LogP contribution in [0.3, 0.4) is 0 Å². The molecule has 10 heteroatoms. The summed E-state index contributed by atoms with van der Waals surface area (Å²) in [6.07, 6.45) is 4.90. The molecule has 2 fully saturated rings. The van der Waals surface area contributed by atoms with E-state index >= 15 is 0 Å². The number of aromatic carboxylic acids is 1. The van der Waals surface area contributed by atoms with Crippen LogP contribution in [0.2, 0.25) is 5.02 Å². The molecule has 4 heterocycles. The number of alkyl halides is 1. The molecule has 4 aromatic rings. The Balaban J connectivity index is 1.08. The van der Waals surface area contributed by atoms with E-state index in [1.54, 1.807) is 24.4 Å². The summed E-state index contributed by atoms with van der Waals surface area (Å²) in [6, 6.07) is 14.8. The van der Waals surface area contributed by atoms with E-state index in [0.29, 0.717) is 30.6 Å². The molecule has 2 aromatic carbocycles. The summed E-state index contributed by atoms with van der Waals surface area (Å²) >= 11 is 6.03. The van der Waals surface area contributed by atoms with Crippen molar-refractivity contribution >= 4 is 28.6 Å². The lowest BCUT2D eigenvalue weighted by atomic mass is 9.88. The highest BCUT2D eigenvalue weighted by molar-refractivity contribution is 6.30. The van der Waals surface area contributed by atoms with Gasteiger partial charge < -0.3 is 19.1 Å². The number of carboxylic acid groups (broad SMARTS) is 1. The number of likely N-dealkylation sites (tertiary alicyclic amines) is 1. The molecule has 0 unspecified atom stereocenters. The van der Waals surface area contributed by atoms with Crippen molar-refractivity contribution in [2.75, 3.05) is 26.4 Å². The van der Waals surface area contributed by atoms with Gasteiger partial charge in [-0.05, 0) is 81.1 Å². The summed E-state index contributed by atoms with van der Waals surface area (Å²) in [4.78, 5) is 23.4. The zero-order chi connectivity index (χ0) is 28.8. The van der Waals surface area contributed by atoms with Crippen molar-refractivity contribution in [2.24, 2.45) is 5.41 Å². The van der Waals surface area contributed by atoms with E-state index in [4.69, 9.17) is 26.1 Å². The van der Waals surface area contributed by atoms with Gasteiger partial charge in [-0.1, -0.05) is 23.7 Å². The molecule has 1 saturated heterocycles. The molecule has 3 aliphatic rings. The standard InChI is InChI=1S/C32H32ClFN4O4/c33-22-5-7-25(35-15-22)28-17-41-27-3-1-2-23(30(27)42-28)20-8-12-37(13-9-20)16-29-36-24-6-4-21(31(39)40)14-26(24)38(29)19-32(18-34)10-11-32/h1-7,14-15,20,28H,8-13,16-19H2,(H,39,40)/t28-/m1/s1. The molecule has 2 aromatic heterocycles. The maximum Gasteiger partial charge on any atom is 0.335 e. The van der Waals surface area contributed by atoms with E-state index in [-0.39, 0.29) is 23.8 Å². The summed E-state index contributed by atoms with van der Waals surface area (Å²) in [6.45, 7) is 2.90. The van der Waals surface area contributed by atoms with Gasteiger partial charge in [-0.3, -0.25) is 14.3 Å². The minimum Gasteiger partial charge on any atom is -0.485 e. The Hall–Kier alpha value is -3.69. The van der Waals surface area contributed by atoms with Crippen molar-refractivity contribution in [3.05, 3.63) is 82.4 Å². The molecule has 7 rings (SSSR count). The number of hydrogen-bond acceptors (Lipinski definition) is 6. The van der Waals surface area contributed by atoms with Crippen LogP contribution in [0.25, 0.3) is 11.0 Å². The molecule has 1 aliphatic carbocycles. The third kappa shape index (κ3) is 5.20. The maximum atomic E-state index is 13.9. The average Bonchev–Trinajstić information content (AvgIpc) is 3.72. The molecule has 2 aliphatic heterocycles. The number of hydrogen-bond donors (Lipinski definition) is 1. The fourth-order valence-corrected chi connectivity index (χ4v) is 6.32. The van der Waals surface area contributed by atoms with Gasteiger partial charge >= 0.3 is 5.97 Å². The highest BCUT2D eigenvalue weighted by Crippen LogP contribution is 2.48. The number of carboxylic acids is 1. The Bertz CT molecular complexity index is 1630. The van der Waals surface area contributed by atoms with Gasteiger partial charge in [0.25, 0.3) is 0 Å². The van der Waals surface area contributed by atoms with Gasteiger partial charge in [0.15, 0.2) is 17.6 Å². The van der Waals surface area contributed by atoms with Gasteiger partial charge in [0.05, 0.1) is 40.5 Å². The first-order chi connectivity index (χ1) is 20.4. The Labute approximate surface area is 248 Å². The molecule has 0 bridgehead atoms. The number of benzene rings is 2. The molecular weight excluding hydrogens is 559 g/mol. The number of ether oxygens (including phenoxy) is 2. The number of pyridine rings is 1. The van der Waals surface area contributed by atoms with Crippen molar-refractivity contribution in [3.63, 3.8) is 0 Å². The van der Waals surface area contributed by atoms with Crippen LogP contribution in [0.1, 0.15) is 65.1 Å². The number of piperidine rings is 1. The second kappa shape index (κ2) is 10.9. The summed E-state index contributed by atoms with van der Waals surface area (Å²) in [7, 11) is 0. The second-order valence-electron chi connectivity index (χ2n) is 11.8. The van der Waals surface area contributed by atoms with Crippen molar-refractivity contribution < 1.29 is 23.8 Å². The summed E-state index contributed by atoms with van der Waals surface area (Å²) in [5.74, 6) is 1.75. The topological polar surface area (TPSA) is 89.7 Å². The monoisotopic (exact) mass is 590 g/mol. The Morgan fingerprint density at radius 3 is 2.69 bits per heavy atom. The Morgan fingerprint density at radius 2 is 1.98 bits per heavy atom. The summed E-state index contributed by atoms with van der Waals surface area (Å²) in [5, 5.41) is 10.1. The largest absolute Gasteiger partial charge is 0.485 e.